The number of ether oxygens (including phenoxy) is 1. The second-order valence-electron chi connectivity index (χ2n) is 5.40. The van der Waals surface area contributed by atoms with Crippen molar-refractivity contribution in [2.75, 3.05) is 13.1 Å². The molecule has 0 spiro atoms. The van der Waals surface area contributed by atoms with Gasteiger partial charge in [-0.2, -0.15) is 13.2 Å². The lowest BCUT2D eigenvalue weighted by Crippen LogP contribution is -2.34. The minimum Gasteiger partial charge on any atom is -0.419 e. The van der Waals surface area contributed by atoms with Gasteiger partial charge in [-0.1, -0.05) is 34.8 Å². The van der Waals surface area contributed by atoms with Crippen LogP contribution in [0.1, 0.15) is 24.4 Å². The number of esters is 1. The van der Waals surface area contributed by atoms with Gasteiger partial charge < -0.3 is 15.8 Å². The third-order valence-corrected chi connectivity index (χ3v) is 5.10. The van der Waals surface area contributed by atoms with Gasteiger partial charge in [0.1, 0.15) is 5.75 Å². The second-order valence-corrected chi connectivity index (χ2v) is 6.56. The SMILES string of the molecule is N[C@H](c1c(OC(=O)C(F)(F)F)cc(Cl)c(Cl)c1Cl)C1CCNCC1. The predicted molar refractivity (Wildman–Crippen MR) is 85.7 cm³/mol. The Morgan fingerprint density at radius 1 is 1.25 bits per heavy atom. The van der Waals surface area contributed by atoms with Gasteiger partial charge in [0.15, 0.2) is 0 Å². The minimum absolute atomic E-state index is 0.0514. The first kappa shape index (κ1) is 19.6. The van der Waals surface area contributed by atoms with Crippen LogP contribution < -0.4 is 15.8 Å². The van der Waals surface area contributed by atoms with Crippen LogP contribution in [0.15, 0.2) is 6.07 Å². The van der Waals surface area contributed by atoms with E-state index in [0.717, 1.165) is 19.2 Å². The molecule has 1 saturated heterocycles. The lowest BCUT2D eigenvalue weighted by Gasteiger charge is -2.30. The lowest BCUT2D eigenvalue weighted by atomic mass is 9.86. The standard InChI is InChI=1S/C14H14Cl3F3N2O2/c15-7-5-8(24-13(23)14(18,19)20)9(11(17)10(7)16)12(21)6-1-3-22-4-2-6/h5-6,12,22H,1-4,21H2/t12-/m0/s1. The molecular formula is C14H14Cl3F3N2O2. The summed E-state index contributed by atoms with van der Waals surface area (Å²) in [5, 5.41) is 2.86. The molecule has 4 nitrogen and oxygen atoms in total. The third kappa shape index (κ3) is 4.26. The first-order valence-electron chi connectivity index (χ1n) is 7.05. The molecule has 1 aromatic carbocycles. The molecule has 134 valence electrons. The number of carbonyl (C=O) groups excluding carboxylic acids is 1. The molecule has 1 aliphatic heterocycles. The zero-order valence-corrected chi connectivity index (χ0v) is 14.5. The average molecular weight is 406 g/mol. The number of alkyl halides is 3. The molecule has 1 aliphatic rings. The molecule has 0 bridgehead atoms. The summed E-state index contributed by atoms with van der Waals surface area (Å²) in [6.07, 6.45) is -3.76. The number of nitrogens with one attached hydrogen (secondary N) is 1. The van der Waals surface area contributed by atoms with E-state index >= 15 is 0 Å². The number of rotatable bonds is 3. The van der Waals surface area contributed by atoms with Gasteiger partial charge in [-0.25, -0.2) is 4.79 Å². The van der Waals surface area contributed by atoms with Crippen LogP contribution in [0.4, 0.5) is 13.2 Å². The third-order valence-electron chi connectivity index (χ3n) is 3.82. The monoisotopic (exact) mass is 404 g/mol. The van der Waals surface area contributed by atoms with E-state index in [1.165, 1.54) is 0 Å². The first-order chi connectivity index (χ1) is 11.1. The Balaban J connectivity index is 2.43. The van der Waals surface area contributed by atoms with Crippen molar-refractivity contribution in [3.8, 4) is 5.75 Å². The van der Waals surface area contributed by atoms with Gasteiger partial charge >= 0.3 is 12.1 Å². The molecule has 0 aliphatic carbocycles. The van der Waals surface area contributed by atoms with Crippen LogP contribution in [0.2, 0.25) is 15.1 Å². The van der Waals surface area contributed by atoms with E-state index in [1.807, 2.05) is 0 Å². The fourth-order valence-electron chi connectivity index (χ4n) is 2.58. The highest BCUT2D eigenvalue weighted by Crippen LogP contribution is 2.44. The van der Waals surface area contributed by atoms with E-state index < -0.39 is 23.9 Å². The van der Waals surface area contributed by atoms with Crippen LogP contribution in [-0.2, 0) is 4.79 Å². The lowest BCUT2D eigenvalue weighted by molar-refractivity contribution is -0.189. The van der Waals surface area contributed by atoms with Crippen LogP contribution in [0, 0.1) is 5.92 Å². The molecule has 3 N–H and O–H groups in total. The largest absolute Gasteiger partial charge is 0.491 e. The quantitative estimate of drug-likeness (QED) is 0.451. The maximum atomic E-state index is 12.5. The molecular weight excluding hydrogens is 392 g/mol. The highest BCUT2D eigenvalue weighted by molar-refractivity contribution is 6.48. The van der Waals surface area contributed by atoms with Crippen molar-refractivity contribution >= 4 is 40.8 Å². The molecule has 0 radical (unpaired) electrons. The van der Waals surface area contributed by atoms with E-state index in [9.17, 15) is 18.0 Å². The van der Waals surface area contributed by atoms with E-state index in [1.54, 1.807) is 0 Å². The smallest absolute Gasteiger partial charge is 0.419 e. The van der Waals surface area contributed by atoms with Crippen molar-refractivity contribution in [1.82, 2.24) is 5.32 Å². The van der Waals surface area contributed by atoms with Crippen molar-refractivity contribution in [2.45, 2.75) is 25.1 Å². The number of halogens is 6. The molecule has 1 atom stereocenters. The first-order valence-corrected chi connectivity index (χ1v) is 8.19. The van der Waals surface area contributed by atoms with Crippen molar-refractivity contribution in [3.05, 3.63) is 26.7 Å². The van der Waals surface area contributed by atoms with Crippen molar-refractivity contribution < 1.29 is 22.7 Å². The van der Waals surface area contributed by atoms with Crippen LogP contribution in [0.5, 0.6) is 5.75 Å². The van der Waals surface area contributed by atoms with Gasteiger partial charge in [-0.3, -0.25) is 0 Å². The number of nitrogens with two attached hydrogens (primary N) is 1. The topological polar surface area (TPSA) is 64.3 Å². The van der Waals surface area contributed by atoms with Crippen LogP contribution in [-0.4, -0.2) is 25.2 Å². The summed E-state index contributed by atoms with van der Waals surface area (Å²) in [7, 11) is 0. The molecule has 0 aromatic heterocycles. The van der Waals surface area contributed by atoms with Gasteiger partial charge in [0.2, 0.25) is 0 Å². The Kier molecular flexibility index (Phi) is 6.25. The van der Waals surface area contributed by atoms with Crippen LogP contribution in [0.3, 0.4) is 0 Å². The summed E-state index contributed by atoms with van der Waals surface area (Å²) >= 11 is 17.9. The zero-order valence-electron chi connectivity index (χ0n) is 12.2. The molecule has 1 aromatic rings. The summed E-state index contributed by atoms with van der Waals surface area (Å²) in [5.41, 5.74) is 6.24. The van der Waals surface area contributed by atoms with Crippen molar-refractivity contribution in [2.24, 2.45) is 11.7 Å². The van der Waals surface area contributed by atoms with Gasteiger partial charge in [-0.15, -0.1) is 0 Å². The van der Waals surface area contributed by atoms with Crippen molar-refractivity contribution in [1.29, 1.82) is 0 Å². The summed E-state index contributed by atoms with van der Waals surface area (Å²) in [6, 6.07) is 0.278. The van der Waals surface area contributed by atoms with E-state index in [2.05, 4.69) is 10.1 Å². The Morgan fingerprint density at radius 3 is 2.38 bits per heavy atom. The minimum atomic E-state index is -5.16. The molecule has 24 heavy (non-hydrogen) atoms. The number of hydrogen-bond donors (Lipinski definition) is 2. The summed E-state index contributed by atoms with van der Waals surface area (Å²) in [6.45, 7) is 1.43. The Hall–Kier alpha value is -0.730. The van der Waals surface area contributed by atoms with E-state index in [-0.39, 0.29) is 26.5 Å². The summed E-state index contributed by atoms with van der Waals surface area (Å²) in [5.74, 6) is -2.86. The average Bonchev–Trinajstić information content (AvgIpc) is 2.52. The van der Waals surface area contributed by atoms with E-state index in [0.29, 0.717) is 12.8 Å². The summed E-state index contributed by atoms with van der Waals surface area (Å²) < 4.78 is 41.9. The Bertz CT molecular complexity index is 635. The van der Waals surface area contributed by atoms with Gasteiger partial charge in [0, 0.05) is 17.7 Å². The van der Waals surface area contributed by atoms with Crippen LogP contribution in [0.25, 0.3) is 0 Å². The zero-order chi connectivity index (χ0) is 18.1. The van der Waals surface area contributed by atoms with Crippen molar-refractivity contribution in [3.63, 3.8) is 0 Å². The van der Waals surface area contributed by atoms with Gasteiger partial charge in [-0.05, 0) is 31.8 Å². The predicted octanol–water partition coefficient (Wildman–Crippen LogP) is 4.11. The Labute approximate surface area is 151 Å². The van der Waals surface area contributed by atoms with Gasteiger partial charge in [0.25, 0.3) is 0 Å². The number of carbonyl (C=O) groups is 1. The molecule has 1 fully saturated rings. The fourth-order valence-corrected chi connectivity index (χ4v) is 3.30. The van der Waals surface area contributed by atoms with Crippen LogP contribution >= 0.6 is 34.8 Å². The fraction of sp³-hybridized carbons (Fsp3) is 0.500. The molecule has 2 rings (SSSR count). The highest BCUT2D eigenvalue weighted by atomic mass is 35.5. The maximum absolute atomic E-state index is 12.5. The molecule has 0 unspecified atom stereocenters. The highest BCUT2D eigenvalue weighted by Gasteiger charge is 2.42. The number of benzene rings is 1. The number of hydrogen-bond acceptors (Lipinski definition) is 4. The van der Waals surface area contributed by atoms with E-state index in [4.69, 9.17) is 40.5 Å². The Morgan fingerprint density at radius 2 is 1.83 bits per heavy atom. The summed E-state index contributed by atoms with van der Waals surface area (Å²) in [4.78, 5) is 11.2. The maximum Gasteiger partial charge on any atom is 0.491 e. The normalized spacial score (nSPS) is 17.6. The second kappa shape index (κ2) is 7.66. The number of piperidine rings is 1. The molecule has 0 amide bonds. The molecule has 0 saturated carbocycles. The molecule has 1 heterocycles. The molecule has 10 heteroatoms. The van der Waals surface area contributed by atoms with Gasteiger partial charge in [0.05, 0.1) is 15.1 Å².